The van der Waals surface area contributed by atoms with Gasteiger partial charge in [-0.15, -0.1) is 0 Å². The first kappa shape index (κ1) is 13.7. The first-order valence-corrected chi connectivity index (χ1v) is 6.14. The van der Waals surface area contributed by atoms with Crippen molar-refractivity contribution in [3.63, 3.8) is 0 Å². The molecule has 1 aromatic rings. The summed E-state index contributed by atoms with van der Waals surface area (Å²) in [5, 5.41) is 2.72. The zero-order valence-corrected chi connectivity index (χ0v) is 11.3. The smallest absolute Gasteiger partial charge is 0.338 e. The quantitative estimate of drug-likeness (QED) is 0.870. The highest BCUT2D eigenvalue weighted by atomic mass is 79.9. The molecule has 0 atom stereocenters. The fourth-order valence-corrected chi connectivity index (χ4v) is 1.67. The van der Waals surface area contributed by atoms with Crippen LogP contribution in [-0.2, 0) is 9.53 Å². The number of halogens is 1. The minimum Gasteiger partial charge on any atom is -0.462 e. The summed E-state index contributed by atoms with van der Waals surface area (Å²) in [6.07, 6.45) is 0.409. The third kappa shape index (κ3) is 3.85. The molecule has 0 aliphatic carbocycles. The zero-order chi connectivity index (χ0) is 12.8. The molecule has 4 nitrogen and oxygen atoms in total. The number of rotatable bonds is 4. The second kappa shape index (κ2) is 6.39. The largest absolute Gasteiger partial charge is 0.462 e. The average Bonchev–Trinajstić information content (AvgIpc) is 2.31. The van der Waals surface area contributed by atoms with Crippen LogP contribution in [0.15, 0.2) is 22.7 Å². The Morgan fingerprint density at radius 2 is 2.06 bits per heavy atom. The molecule has 0 bridgehead atoms. The van der Waals surface area contributed by atoms with Gasteiger partial charge in [-0.1, -0.05) is 6.92 Å². The average molecular weight is 300 g/mol. The van der Waals surface area contributed by atoms with Crippen molar-refractivity contribution in [2.45, 2.75) is 20.3 Å². The molecule has 0 saturated carbocycles. The molecule has 0 unspecified atom stereocenters. The van der Waals surface area contributed by atoms with Crippen LogP contribution in [0.3, 0.4) is 0 Å². The van der Waals surface area contributed by atoms with Crippen LogP contribution in [0.1, 0.15) is 30.6 Å². The molecule has 0 spiro atoms. The van der Waals surface area contributed by atoms with Crippen molar-refractivity contribution < 1.29 is 14.3 Å². The van der Waals surface area contributed by atoms with E-state index in [1.165, 1.54) is 0 Å². The molecule has 0 heterocycles. The predicted octanol–water partition coefficient (Wildman–Crippen LogP) is 2.97. The van der Waals surface area contributed by atoms with Gasteiger partial charge >= 0.3 is 5.97 Å². The van der Waals surface area contributed by atoms with E-state index in [-0.39, 0.29) is 11.9 Å². The lowest BCUT2D eigenvalue weighted by atomic mass is 10.2. The number of nitrogens with one attached hydrogen (secondary N) is 1. The van der Waals surface area contributed by atoms with Crippen molar-refractivity contribution in [1.29, 1.82) is 0 Å². The molecule has 17 heavy (non-hydrogen) atoms. The van der Waals surface area contributed by atoms with Gasteiger partial charge in [-0.05, 0) is 41.1 Å². The molecule has 0 aliphatic rings. The molecular weight excluding hydrogens is 286 g/mol. The Hall–Kier alpha value is -1.36. The maximum Gasteiger partial charge on any atom is 0.338 e. The SMILES string of the molecule is CCOC(=O)c1ccc(NC(=O)CC)c(Br)c1. The van der Waals surface area contributed by atoms with Gasteiger partial charge in [-0.2, -0.15) is 0 Å². The Labute approximate surface area is 108 Å². The summed E-state index contributed by atoms with van der Waals surface area (Å²) in [6.45, 7) is 3.86. The van der Waals surface area contributed by atoms with E-state index in [9.17, 15) is 9.59 Å². The molecule has 92 valence electrons. The monoisotopic (exact) mass is 299 g/mol. The summed E-state index contributed by atoms with van der Waals surface area (Å²) in [5.41, 5.74) is 1.10. The van der Waals surface area contributed by atoms with Crippen LogP contribution in [0.25, 0.3) is 0 Å². The second-order valence-corrected chi connectivity index (χ2v) is 4.17. The molecule has 0 aliphatic heterocycles. The van der Waals surface area contributed by atoms with Crippen LogP contribution in [0.4, 0.5) is 5.69 Å². The van der Waals surface area contributed by atoms with Gasteiger partial charge < -0.3 is 10.1 Å². The van der Waals surface area contributed by atoms with Crippen molar-refractivity contribution in [3.05, 3.63) is 28.2 Å². The highest BCUT2D eigenvalue weighted by molar-refractivity contribution is 9.10. The van der Waals surface area contributed by atoms with E-state index in [1.807, 2.05) is 0 Å². The molecule has 0 saturated heterocycles. The Kier molecular flexibility index (Phi) is 5.15. The fraction of sp³-hybridized carbons (Fsp3) is 0.333. The van der Waals surface area contributed by atoms with Gasteiger partial charge in [0.2, 0.25) is 5.91 Å². The standard InChI is InChI=1S/C12H14BrNO3/c1-3-11(15)14-10-6-5-8(7-9(10)13)12(16)17-4-2/h5-7H,3-4H2,1-2H3,(H,14,15). The normalized spacial score (nSPS) is 9.82. The van der Waals surface area contributed by atoms with E-state index >= 15 is 0 Å². The summed E-state index contributed by atoms with van der Waals surface area (Å²) in [4.78, 5) is 22.7. The number of esters is 1. The van der Waals surface area contributed by atoms with Crippen molar-refractivity contribution in [2.75, 3.05) is 11.9 Å². The van der Waals surface area contributed by atoms with E-state index in [2.05, 4.69) is 21.2 Å². The molecule has 1 N–H and O–H groups in total. The Balaban J connectivity index is 2.86. The Morgan fingerprint density at radius 1 is 1.35 bits per heavy atom. The summed E-state index contributed by atoms with van der Waals surface area (Å²) in [7, 11) is 0. The van der Waals surface area contributed by atoms with E-state index in [4.69, 9.17) is 4.74 Å². The minimum atomic E-state index is -0.374. The van der Waals surface area contributed by atoms with Gasteiger partial charge in [0.25, 0.3) is 0 Å². The van der Waals surface area contributed by atoms with Crippen molar-refractivity contribution in [3.8, 4) is 0 Å². The lowest BCUT2D eigenvalue weighted by molar-refractivity contribution is -0.115. The molecule has 1 amide bonds. The van der Waals surface area contributed by atoms with Gasteiger partial charge in [0.05, 0.1) is 17.9 Å². The predicted molar refractivity (Wildman–Crippen MR) is 69.0 cm³/mol. The minimum absolute atomic E-state index is 0.0745. The lowest BCUT2D eigenvalue weighted by Crippen LogP contribution is -2.10. The number of ether oxygens (including phenoxy) is 1. The first-order valence-electron chi connectivity index (χ1n) is 5.35. The highest BCUT2D eigenvalue weighted by Crippen LogP contribution is 2.24. The first-order chi connectivity index (χ1) is 8.08. The third-order valence-electron chi connectivity index (χ3n) is 2.08. The topological polar surface area (TPSA) is 55.4 Å². The molecule has 1 aromatic carbocycles. The number of hydrogen-bond donors (Lipinski definition) is 1. The summed E-state index contributed by atoms with van der Waals surface area (Å²) < 4.78 is 5.54. The van der Waals surface area contributed by atoms with Crippen LogP contribution < -0.4 is 5.32 Å². The summed E-state index contributed by atoms with van der Waals surface area (Å²) >= 11 is 3.30. The summed E-state index contributed by atoms with van der Waals surface area (Å²) in [5.74, 6) is -0.448. The number of anilines is 1. The zero-order valence-electron chi connectivity index (χ0n) is 9.75. The van der Waals surface area contributed by atoms with Crippen LogP contribution in [0.5, 0.6) is 0 Å². The number of benzene rings is 1. The van der Waals surface area contributed by atoms with Gasteiger partial charge in [-0.3, -0.25) is 4.79 Å². The molecule has 5 heteroatoms. The summed E-state index contributed by atoms with van der Waals surface area (Å²) in [6, 6.07) is 4.92. The van der Waals surface area contributed by atoms with Crippen LogP contribution in [0.2, 0.25) is 0 Å². The Bertz CT molecular complexity index is 432. The van der Waals surface area contributed by atoms with Gasteiger partial charge in [0.15, 0.2) is 0 Å². The fourth-order valence-electron chi connectivity index (χ4n) is 1.20. The van der Waals surface area contributed by atoms with Crippen molar-refractivity contribution in [2.24, 2.45) is 0 Å². The van der Waals surface area contributed by atoms with Crippen LogP contribution >= 0.6 is 15.9 Å². The molecule has 0 radical (unpaired) electrons. The Morgan fingerprint density at radius 3 is 2.59 bits per heavy atom. The third-order valence-corrected chi connectivity index (χ3v) is 2.73. The second-order valence-electron chi connectivity index (χ2n) is 3.32. The molecule has 1 rings (SSSR count). The van der Waals surface area contributed by atoms with E-state index in [1.54, 1.807) is 32.0 Å². The van der Waals surface area contributed by atoms with Crippen LogP contribution in [0, 0.1) is 0 Å². The maximum atomic E-state index is 11.5. The van der Waals surface area contributed by atoms with Gasteiger partial charge in [0.1, 0.15) is 0 Å². The van der Waals surface area contributed by atoms with Crippen LogP contribution in [-0.4, -0.2) is 18.5 Å². The number of carbonyl (C=O) groups is 2. The van der Waals surface area contributed by atoms with Crippen molar-refractivity contribution in [1.82, 2.24) is 0 Å². The van der Waals surface area contributed by atoms with Gasteiger partial charge in [-0.25, -0.2) is 4.79 Å². The molecular formula is C12H14BrNO3. The van der Waals surface area contributed by atoms with E-state index in [0.29, 0.717) is 28.8 Å². The van der Waals surface area contributed by atoms with Crippen molar-refractivity contribution >= 4 is 33.5 Å². The molecule has 0 fully saturated rings. The van der Waals surface area contributed by atoms with E-state index in [0.717, 1.165) is 0 Å². The number of amides is 1. The molecule has 0 aromatic heterocycles. The van der Waals surface area contributed by atoms with E-state index < -0.39 is 0 Å². The number of carbonyl (C=O) groups excluding carboxylic acids is 2. The number of hydrogen-bond acceptors (Lipinski definition) is 3. The highest BCUT2D eigenvalue weighted by Gasteiger charge is 2.10. The maximum absolute atomic E-state index is 11.5. The van der Waals surface area contributed by atoms with Gasteiger partial charge in [0, 0.05) is 10.9 Å². The lowest BCUT2D eigenvalue weighted by Gasteiger charge is -2.08.